The molecule has 19 heavy (non-hydrogen) atoms. The summed E-state index contributed by atoms with van der Waals surface area (Å²) in [4.78, 5) is 12.1. The van der Waals surface area contributed by atoms with E-state index in [0.29, 0.717) is 11.3 Å². The van der Waals surface area contributed by atoms with Crippen LogP contribution in [0.15, 0.2) is 30.3 Å². The fraction of sp³-hybridized carbons (Fsp3) is 0.267. The zero-order chi connectivity index (χ0) is 14.0. The van der Waals surface area contributed by atoms with E-state index in [1.54, 1.807) is 12.1 Å². The van der Waals surface area contributed by atoms with Gasteiger partial charge in [-0.2, -0.15) is 0 Å². The lowest BCUT2D eigenvalue weighted by Crippen LogP contribution is -2.14. The monoisotopic (exact) mass is 260 g/mol. The molecule has 0 amide bonds. The van der Waals surface area contributed by atoms with Gasteiger partial charge < -0.3 is 9.88 Å². The highest BCUT2D eigenvalue weighted by Crippen LogP contribution is 2.15. The fourth-order valence-corrected chi connectivity index (χ4v) is 2.01. The molecule has 1 aromatic heterocycles. The van der Waals surface area contributed by atoms with E-state index in [-0.39, 0.29) is 18.1 Å². The summed E-state index contributed by atoms with van der Waals surface area (Å²) in [5.74, 6) is -0.311. The molecular formula is C15H17FN2O. The number of aromatic nitrogens is 1. The number of Topliss-reactive ketones (excluding diaryl/α,β-unsaturated/α-hetero) is 1. The number of aryl methyl sites for hydroxylation is 1. The molecular weight excluding hydrogens is 243 g/mol. The molecule has 1 aromatic carbocycles. The van der Waals surface area contributed by atoms with Crippen LogP contribution in [0.5, 0.6) is 0 Å². The lowest BCUT2D eigenvalue weighted by atomic mass is 10.1. The van der Waals surface area contributed by atoms with Gasteiger partial charge in [0.15, 0.2) is 5.78 Å². The molecule has 0 saturated carbocycles. The van der Waals surface area contributed by atoms with Gasteiger partial charge in [0.2, 0.25) is 0 Å². The predicted molar refractivity (Wildman–Crippen MR) is 74.1 cm³/mol. The van der Waals surface area contributed by atoms with Crippen molar-refractivity contribution in [2.24, 2.45) is 7.05 Å². The number of rotatable bonds is 4. The second-order valence-corrected chi connectivity index (χ2v) is 4.63. The van der Waals surface area contributed by atoms with Crippen LogP contribution < -0.4 is 5.32 Å². The van der Waals surface area contributed by atoms with Crippen LogP contribution in [0, 0.1) is 19.7 Å². The molecule has 3 nitrogen and oxygen atoms in total. The van der Waals surface area contributed by atoms with Crippen LogP contribution in [0.2, 0.25) is 0 Å². The standard InChI is InChI=1S/C15H17FN2O/c1-10-7-14(11(2)18(10)3)15(19)9-17-13-6-4-5-12(16)8-13/h4-8,17H,9H2,1-3H3. The van der Waals surface area contributed by atoms with Gasteiger partial charge in [-0.15, -0.1) is 0 Å². The van der Waals surface area contributed by atoms with Gasteiger partial charge in [0.1, 0.15) is 5.82 Å². The Bertz CT molecular complexity index is 617. The van der Waals surface area contributed by atoms with E-state index in [0.717, 1.165) is 11.4 Å². The number of halogens is 1. The van der Waals surface area contributed by atoms with Crippen LogP contribution in [0.3, 0.4) is 0 Å². The molecule has 0 saturated heterocycles. The van der Waals surface area contributed by atoms with Crippen molar-refractivity contribution in [1.29, 1.82) is 0 Å². The molecule has 100 valence electrons. The molecule has 0 bridgehead atoms. The zero-order valence-corrected chi connectivity index (χ0v) is 11.3. The van der Waals surface area contributed by atoms with E-state index in [9.17, 15) is 9.18 Å². The molecule has 0 spiro atoms. The first-order valence-electron chi connectivity index (χ1n) is 6.14. The number of carbonyl (C=O) groups excluding carboxylic acids is 1. The Morgan fingerprint density at radius 2 is 2.05 bits per heavy atom. The second-order valence-electron chi connectivity index (χ2n) is 4.63. The SMILES string of the molecule is Cc1cc(C(=O)CNc2cccc(F)c2)c(C)n1C. The van der Waals surface area contributed by atoms with Crippen molar-refractivity contribution >= 4 is 11.5 Å². The smallest absolute Gasteiger partial charge is 0.183 e. The molecule has 0 aliphatic heterocycles. The van der Waals surface area contributed by atoms with E-state index >= 15 is 0 Å². The number of anilines is 1. The molecule has 2 aromatic rings. The third-order valence-corrected chi connectivity index (χ3v) is 3.35. The molecule has 2 rings (SSSR count). The third-order valence-electron chi connectivity index (χ3n) is 3.35. The van der Waals surface area contributed by atoms with Gasteiger partial charge in [-0.25, -0.2) is 4.39 Å². The highest BCUT2D eigenvalue weighted by Gasteiger charge is 2.13. The molecule has 0 unspecified atom stereocenters. The van der Waals surface area contributed by atoms with Gasteiger partial charge in [-0.3, -0.25) is 4.79 Å². The van der Waals surface area contributed by atoms with Crippen molar-refractivity contribution in [3.05, 3.63) is 53.1 Å². The molecule has 0 aliphatic rings. The van der Waals surface area contributed by atoms with Gasteiger partial charge in [0.05, 0.1) is 6.54 Å². The molecule has 0 fully saturated rings. The number of benzene rings is 1. The van der Waals surface area contributed by atoms with Crippen molar-refractivity contribution < 1.29 is 9.18 Å². The van der Waals surface area contributed by atoms with E-state index in [1.807, 2.05) is 31.5 Å². The van der Waals surface area contributed by atoms with Crippen molar-refractivity contribution in [3.8, 4) is 0 Å². The minimum absolute atomic E-state index is 0.00506. The first-order valence-corrected chi connectivity index (χ1v) is 6.14. The lowest BCUT2D eigenvalue weighted by molar-refractivity contribution is 0.101. The van der Waals surface area contributed by atoms with Crippen molar-refractivity contribution in [3.63, 3.8) is 0 Å². The molecule has 0 atom stereocenters. The topological polar surface area (TPSA) is 34.0 Å². The Hall–Kier alpha value is -2.10. The maximum atomic E-state index is 13.0. The summed E-state index contributed by atoms with van der Waals surface area (Å²) in [6.07, 6.45) is 0. The van der Waals surface area contributed by atoms with Gasteiger partial charge in [-0.1, -0.05) is 6.07 Å². The minimum atomic E-state index is -0.316. The fourth-order valence-electron chi connectivity index (χ4n) is 2.01. The highest BCUT2D eigenvalue weighted by molar-refractivity contribution is 6.00. The number of nitrogens with zero attached hydrogens (tertiary/aromatic N) is 1. The van der Waals surface area contributed by atoms with E-state index in [4.69, 9.17) is 0 Å². The van der Waals surface area contributed by atoms with Crippen LogP contribution in [0.25, 0.3) is 0 Å². The highest BCUT2D eigenvalue weighted by atomic mass is 19.1. The Kier molecular flexibility index (Phi) is 3.69. The Labute approximate surface area is 112 Å². The van der Waals surface area contributed by atoms with E-state index in [1.165, 1.54) is 12.1 Å². The van der Waals surface area contributed by atoms with Gasteiger partial charge >= 0.3 is 0 Å². The van der Waals surface area contributed by atoms with Crippen LogP contribution in [0.4, 0.5) is 10.1 Å². The average molecular weight is 260 g/mol. The van der Waals surface area contributed by atoms with Crippen LogP contribution in [0.1, 0.15) is 21.7 Å². The summed E-state index contributed by atoms with van der Waals surface area (Å²) in [5, 5.41) is 2.94. The van der Waals surface area contributed by atoms with E-state index in [2.05, 4.69) is 5.32 Å². The van der Waals surface area contributed by atoms with Crippen LogP contribution in [-0.2, 0) is 7.05 Å². The van der Waals surface area contributed by atoms with Crippen molar-refractivity contribution in [1.82, 2.24) is 4.57 Å². The second kappa shape index (κ2) is 5.26. The summed E-state index contributed by atoms with van der Waals surface area (Å²) in [6.45, 7) is 4.04. The Morgan fingerprint density at radius 3 is 2.63 bits per heavy atom. The predicted octanol–water partition coefficient (Wildman–Crippen LogP) is 3.08. The maximum absolute atomic E-state index is 13.0. The Morgan fingerprint density at radius 1 is 1.32 bits per heavy atom. The molecule has 4 heteroatoms. The first-order chi connectivity index (χ1) is 8.99. The lowest BCUT2D eigenvalue weighted by Gasteiger charge is -2.06. The summed E-state index contributed by atoms with van der Waals surface area (Å²) in [6, 6.07) is 7.97. The number of hydrogen-bond acceptors (Lipinski definition) is 2. The van der Waals surface area contributed by atoms with Crippen molar-refractivity contribution in [2.75, 3.05) is 11.9 Å². The average Bonchev–Trinajstić information content (AvgIpc) is 2.64. The van der Waals surface area contributed by atoms with Crippen LogP contribution >= 0.6 is 0 Å². The van der Waals surface area contributed by atoms with Gasteiger partial charge in [-0.05, 0) is 38.1 Å². The number of carbonyl (C=O) groups is 1. The first kappa shape index (κ1) is 13.3. The summed E-state index contributed by atoms with van der Waals surface area (Å²) in [7, 11) is 1.93. The summed E-state index contributed by atoms with van der Waals surface area (Å²) in [5.41, 5.74) is 3.32. The summed E-state index contributed by atoms with van der Waals surface area (Å²) < 4.78 is 15.0. The zero-order valence-electron chi connectivity index (χ0n) is 11.3. The van der Waals surface area contributed by atoms with Crippen LogP contribution in [-0.4, -0.2) is 16.9 Å². The number of nitrogens with one attached hydrogen (secondary N) is 1. The number of ketones is 1. The number of hydrogen-bond donors (Lipinski definition) is 1. The molecule has 0 radical (unpaired) electrons. The minimum Gasteiger partial charge on any atom is -0.377 e. The van der Waals surface area contributed by atoms with Gasteiger partial charge in [0, 0.05) is 29.7 Å². The van der Waals surface area contributed by atoms with Gasteiger partial charge in [0.25, 0.3) is 0 Å². The molecule has 1 N–H and O–H groups in total. The molecule has 1 heterocycles. The molecule has 0 aliphatic carbocycles. The van der Waals surface area contributed by atoms with E-state index < -0.39 is 0 Å². The van der Waals surface area contributed by atoms with Crippen molar-refractivity contribution in [2.45, 2.75) is 13.8 Å². The Balaban J connectivity index is 2.07. The maximum Gasteiger partial charge on any atom is 0.183 e. The normalized spacial score (nSPS) is 10.5. The quantitative estimate of drug-likeness (QED) is 0.857. The summed E-state index contributed by atoms with van der Waals surface area (Å²) >= 11 is 0. The largest absolute Gasteiger partial charge is 0.377 e. The third kappa shape index (κ3) is 2.84.